The summed E-state index contributed by atoms with van der Waals surface area (Å²) in [5.41, 5.74) is 0.699. The third-order valence-corrected chi connectivity index (χ3v) is 3.22. The molecule has 0 aliphatic heterocycles. The Bertz CT molecular complexity index is 564. The van der Waals surface area contributed by atoms with Crippen molar-refractivity contribution >= 4 is 49.4 Å². The van der Waals surface area contributed by atoms with Gasteiger partial charge in [-0.05, 0) is 56.7 Å². The SMILES string of the molecule is N=c1c(Br)cc2ccc(I)cc2n1O. The maximum atomic E-state index is 9.66. The molecule has 3 nitrogen and oxygen atoms in total. The second-order valence-corrected chi connectivity index (χ2v) is 4.96. The molecule has 0 aliphatic rings. The minimum Gasteiger partial charge on any atom is -0.426 e. The third kappa shape index (κ3) is 1.54. The van der Waals surface area contributed by atoms with Crippen LogP contribution in [0.15, 0.2) is 28.7 Å². The fourth-order valence-corrected chi connectivity index (χ4v) is 2.14. The van der Waals surface area contributed by atoms with Crippen LogP contribution in [-0.4, -0.2) is 9.94 Å². The average Bonchev–Trinajstić information content (AvgIpc) is 2.16. The van der Waals surface area contributed by atoms with Crippen molar-refractivity contribution in [1.82, 2.24) is 4.73 Å². The number of nitrogens with one attached hydrogen (secondary N) is 1. The first-order chi connectivity index (χ1) is 6.59. The van der Waals surface area contributed by atoms with Gasteiger partial charge in [-0.25, -0.2) is 0 Å². The number of pyridine rings is 1. The second-order valence-electron chi connectivity index (χ2n) is 2.86. The van der Waals surface area contributed by atoms with E-state index in [9.17, 15) is 5.21 Å². The van der Waals surface area contributed by atoms with E-state index in [0.29, 0.717) is 9.99 Å². The summed E-state index contributed by atoms with van der Waals surface area (Å²) in [4.78, 5) is 0. The Kier molecular flexibility index (Phi) is 2.52. The maximum absolute atomic E-state index is 9.66. The Hall–Kier alpha value is -0.560. The van der Waals surface area contributed by atoms with Gasteiger partial charge in [0.25, 0.3) is 0 Å². The van der Waals surface area contributed by atoms with Crippen LogP contribution in [0.1, 0.15) is 0 Å². The summed E-state index contributed by atoms with van der Waals surface area (Å²) < 4.78 is 2.48. The molecule has 0 amide bonds. The largest absolute Gasteiger partial charge is 0.426 e. The first kappa shape index (κ1) is 9.97. The van der Waals surface area contributed by atoms with Crippen molar-refractivity contribution in [2.24, 2.45) is 0 Å². The minimum absolute atomic E-state index is 0.0551. The van der Waals surface area contributed by atoms with Gasteiger partial charge in [-0.2, -0.15) is 4.73 Å². The van der Waals surface area contributed by atoms with Crippen molar-refractivity contribution in [1.29, 1.82) is 5.41 Å². The van der Waals surface area contributed by atoms with E-state index in [4.69, 9.17) is 5.41 Å². The molecule has 1 heterocycles. The molecule has 0 radical (unpaired) electrons. The van der Waals surface area contributed by atoms with Gasteiger partial charge in [-0.3, -0.25) is 5.41 Å². The molecule has 72 valence electrons. The molecule has 0 saturated carbocycles. The number of halogens is 2. The molecule has 0 aliphatic carbocycles. The van der Waals surface area contributed by atoms with Crippen LogP contribution >= 0.6 is 38.5 Å². The summed E-state index contributed by atoms with van der Waals surface area (Å²) in [6, 6.07) is 7.52. The van der Waals surface area contributed by atoms with Gasteiger partial charge in [0.1, 0.15) is 0 Å². The number of nitrogens with zero attached hydrogens (tertiary/aromatic N) is 1. The van der Waals surface area contributed by atoms with E-state index in [1.807, 2.05) is 24.3 Å². The van der Waals surface area contributed by atoms with E-state index in [-0.39, 0.29) is 5.49 Å². The highest BCUT2D eigenvalue weighted by Crippen LogP contribution is 2.18. The van der Waals surface area contributed by atoms with Crippen molar-refractivity contribution in [2.75, 3.05) is 0 Å². The van der Waals surface area contributed by atoms with Crippen LogP contribution < -0.4 is 5.49 Å². The van der Waals surface area contributed by atoms with E-state index in [2.05, 4.69) is 38.5 Å². The van der Waals surface area contributed by atoms with Gasteiger partial charge in [0.05, 0.1) is 9.99 Å². The molecule has 0 spiro atoms. The van der Waals surface area contributed by atoms with Crippen LogP contribution in [0.25, 0.3) is 10.9 Å². The van der Waals surface area contributed by atoms with E-state index in [1.165, 1.54) is 0 Å². The van der Waals surface area contributed by atoms with Gasteiger partial charge in [-0.15, -0.1) is 0 Å². The van der Waals surface area contributed by atoms with Crippen molar-refractivity contribution in [3.8, 4) is 0 Å². The molecule has 0 fully saturated rings. The highest BCUT2D eigenvalue weighted by atomic mass is 127. The Morgan fingerprint density at radius 1 is 1.36 bits per heavy atom. The molecule has 0 saturated heterocycles. The zero-order chi connectivity index (χ0) is 10.3. The van der Waals surface area contributed by atoms with E-state index in [1.54, 1.807) is 0 Å². The first-order valence-corrected chi connectivity index (χ1v) is 5.71. The zero-order valence-corrected chi connectivity index (χ0v) is 10.7. The van der Waals surface area contributed by atoms with Crippen LogP contribution in [0, 0.1) is 8.98 Å². The molecule has 14 heavy (non-hydrogen) atoms. The van der Waals surface area contributed by atoms with Crippen LogP contribution in [0.4, 0.5) is 0 Å². The van der Waals surface area contributed by atoms with Crippen LogP contribution in [0.3, 0.4) is 0 Å². The maximum Gasteiger partial charge on any atom is 0.175 e. The van der Waals surface area contributed by atoms with Gasteiger partial charge in [0.15, 0.2) is 5.49 Å². The summed E-state index contributed by atoms with van der Waals surface area (Å²) in [7, 11) is 0. The summed E-state index contributed by atoms with van der Waals surface area (Å²) in [6.45, 7) is 0. The van der Waals surface area contributed by atoms with Gasteiger partial charge in [0.2, 0.25) is 0 Å². The Labute approximate surface area is 102 Å². The lowest BCUT2D eigenvalue weighted by molar-refractivity contribution is 0.183. The van der Waals surface area contributed by atoms with Crippen molar-refractivity contribution in [3.05, 3.63) is 37.8 Å². The van der Waals surface area contributed by atoms with Crippen LogP contribution in [-0.2, 0) is 0 Å². The molecule has 2 aromatic rings. The summed E-state index contributed by atoms with van der Waals surface area (Å²) in [5.74, 6) is 0. The smallest absolute Gasteiger partial charge is 0.175 e. The molecule has 2 N–H and O–H groups in total. The lowest BCUT2D eigenvalue weighted by Gasteiger charge is -2.05. The van der Waals surface area contributed by atoms with Crippen molar-refractivity contribution in [3.63, 3.8) is 0 Å². The Morgan fingerprint density at radius 2 is 2.07 bits per heavy atom. The standard InChI is InChI=1S/C9H6BrIN2O/c10-7-3-5-1-2-6(11)4-8(5)13(14)9(7)12/h1-4,12,14H. The minimum atomic E-state index is 0.0551. The number of hydrogen-bond acceptors (Lipinski definition) is 2. The zero-order valence-electron chi connectivity index (χ0n) is 6.96. The monoisotopic (exact) mass is 364 g/mol. The van der Waals surface area contributed by atoms with Gasteiger partial charge >= 0.3 is 0 Å². The second kappa shape index (κ2) is 3.54. The Morgan fingerprint density at radius 3 is 2.79 bits per heavy atom. The quantitative estimate of drug-likeness (QED) is 0.548. The highest BCUT2D eigenvalue weighted by Gasteiger charge is 2.03. The predicted octanol–water partition coefficient (Wildman–Crippen LogP) is 2.73. The third-order valence-electron chi connectivity index (χ3n) is 1.94. The number of rotatable bonds is 0. The molecule has 1 aromatic heterocycles. The molecule has 2 rings (SSSR count). The number of fused-ring (bicyclic) bond motifs is 1. The van der Waals surface area contributed by atoms with E-state index in [0.717, 1.165) is 13.7 Å². The topological polar surface area (TPSA) is 49.0 Å². The molecular formula is C9H6BrIN2O. The van der Waals surface area contributed by atoms with Gasteiger partial charge in [0, 0.05) is 8.96 Å². The lowest BCUT2D eigenvalue weighted by atomic mass is 10.2. The predicted molar refractivity (Wildman–Crippen MR) is 65.4 cm³/mol. The van der Waals surface area contributed by atoms with Gasteiger partial charge in [-0.1, -0.05) is 6.07 Å². The molecule has 0 atom stereocenters. The highest BCUT2D eigenvalue weighted by molar-refractivity contribution is 14.1. The van der Waals surface area contributed by atoms with Crippen molar-refractivity contribution in [2.45, 2.75) is 0 Å². The fourth-order valence-electron chi connectivity index (χ4n) is 1.25. The number of aromatic nitrogens is 1. The lowest BCUT2D eigenvalue weighted by Crippen LogP contribution is -2.18. The molecule has 1 aromatic carbocycles. The molecule has 0 unspecified atom stereocenters. The summed E-state index contributed by atoms with van der Waals surface area (Å²) in [6.07, 6.45) is 0. The molecular weight excluding hydrogens is 359 g/mol. The molecule has 5 heteroatoms. The average molecular weight is 365 g/mol. The summed E-state index contributed by atoms with van der Waals surface area (Å²) >= 11 is 5.38. The van der Waals surface area contributed by atoms with Crippen LogP contribution in [0.5, 0.6) is 0 Å². The van der Waals surface area contributed by atoms with Crippen molar-refractivity contribution < 1.29 is 5.21 Å². The normalized spacial score (nSPS) is 10.7. The first-order valence-electron chi connectivity index (χ1n) is 3.84. The van der Waals surface area contributed by atoms with Crippen LogP contribution in [0.2, 0.25) is 0 Å². The Balaban J connectivity index is 2.99. The fraction of sp³-hybridized carbons (Fsp3) is 0. The van der Waals surface area contributed by atoms with E-state index < -0.39 is 0 Å². The number of hydrogen-bond donors (Lipinski definition) is 2. The van der Waals surface area contributed by atoms with Gasteiger partial charge < -0.3 is 5.21 Å². The van der Waals surface area contributed by atoms with E-state index >= 15 is 0 Å². The summed E-state index contributed by atoms with van der Waals surface area (Å²) in [5, 5.41) is 18.1. The number of benzene rings is 1. The molecule has 0 bridgehead atoms.